The number of anilines is 1. The fourth-order valence-electron chi connectivity index (χ4n) is 0.807. The minimum atomic E-state index is -1.24. The lowest BCUT2D eigenvalue weighted by atomic mass is 10.4. The third-order valence-corrected chi connectivity index (χ3v) is 1.50. The van der Waals surface area contributed by atoms with Gasteiger partial charge in [-0.3, -0.25) is 10.1 Å². The number of nitrogens with one attached hydrogen (secondary N) is 1. The lowest BCUT2D eigenvalue weighted by Crippen LogP contribution is -2.13. The number of aromatic nitrogens is 1. The minimum absolute atomic E-state index is 0.131. The molecule has 0 saturated carbocycles. The molecule has 1 aromatic rings. The van der Waals surface area contributed by atoms with Crippen LogP contribution in [0, 0.1) is 0 Å². The molecule has 7 heteroatoms. The van der Waals surface area contributed by atoms with E-state index < -0.39 is 5.97 Å². The van der Waals surface area contributed by atoms with Gasteiger partial charge in [0.1, 0.15) is 0 Å². The Hall–Kier alpha value is -1.89. The number of carboxylic acid groups (broad SMARTS) is 1. The molecule has 82 valence electrons. The van der Waals surface area contributed by atoms with Crippen molar-refractivity contribution in [1.82, 2.24) is 4.98 Å². The quantitative estimate of drug-likeness (QED) is 0.733. The van der Waals surface area contributed by atoms with Crippen molar-refractivity contribution in [3.05, 3.63) is 12.0 Å². The summed E-state index contributed by atoms with van der Waals surface area (Å²) < 4.78 is 9.40. The summed E-state index contributed by atoms with van der Waals surface area (Å²) in [6.45, 7) is 0.276. The lowest BCUT2D eigenvalue weighted by Gasteiger charge is -1.98. The van der Waals surface area contributed by atoms with E-state index in [1.807, 2.05) is 0 Å². The highest BCUT2D eigenvalue weighted by molar-refractivity contribution is 5.89. The van der Waals surface area contributed by atoms with Crippen LogP contribution in [0.3, 0.4) is 0 Å². The van der Waals surface area contributed by atoms with Crippen LogP contribution >= 0.6 is 0 Å². The SMILES string of the molecule is COCCC(=O)Nc1ncc(C(=O)O)o1. The van der Waals surface area contributed by atoms with Crippen LogP contribution in [0.25, 0.3) is 0 Å². The van der Waals surface area contributed by atoms with Crippen LogP contribution in [0.1, 0.15) is 17.0 Å². The first-order chi connectivity index (χ1) is 7.13. The molecule has 7 nitrogen and oxygen atoms in total. The molecule has 1 rings (SSSR count). The van der Waals surface area contributed by atoms with Gasteiger partial charge in [0, 0.05) is 7.11 Å². The maximum atomic E-state index is 11.1. The third kappa shape index (κ3) is 3.39. The van der Waals surface area contributed by atoms with Gasteiger partial charge < -0.3 is 14.3 Å². The van der Waals surface area contributed by atoms with Crippen LogP contribution in [-0.2, 0) is 9.53 Å². The van der Waals surface area contributed by atoms with Gasteiger partial charge in [0.2, 0.25) is 11.7 Å². The summed E-state index contributed by atoms with van der Waals surface area (Å²) in [6, 6.07) is -0.131. The van der Waals surface area contributed by atoms with E-state index in [9.17, 15) is 9.59 Å². The van der Waals surface area contributed by atoms with Gasteiger partial charge in [-0.25, -0.2) is 9.78 Å². The fourth-order valence-corrected chi connectivity index (χ4v) is 0.807. The van der Waals surface area contributed by atoms with Gasteiger partial charge in [-0.2, -0.15) is 0 Å². The van der Waals surface area contributed by atoms with E-state index in [1.165, 1.54) is 7.11 Å². The first-order valence-electron chi connectivity index (χ1n) is 4.11. The number of carbonyl (C=O) groups is 2. The molecule has 0 spiro atoms. The van der Waals surface area contributed by atoms with Crippen molar-refractivity contribution in [2.75, 3.05) is 19.0 Å². The summed E-state index contributed by atoms with van der Waals surface area (Å²) in [7, 11) is 1.47. The van der Waals surface area contributed by atoms with Gasteiger partial charge in [-0.15, -0.1) is 0 Å². The van der Waals surface area contributed by atoms with Crippen molar-refractivity contribution in [3.63, 3.8) is 0 Å². The number of oxazole rings is 1. The van der Waals surface area contributed by atoms with Crippen LogP contribution in [0.5, 0.6) is 0 Å². The fraction of sp³-hybridized carbons (Fsp3) is 0.375. The summed E-state index contributed by atoms with van der Waals surface area (Å²) in [5.74, 6) is -1.91. The molecule has 1 amide bonds. The zero-order valence-corrected chi connectivity index (χ0v) is 8.02. The third-order valence-electron chi connectivity index (χ3n) is 1.50. The van der Waals surface area contributed by atoms with Crippen molar-refractivity contribution >= 4 is 17.9 Å². The van der Waals surface area contributed by atoms with E-state index in [-0.39, 0.29) is 30.7 Å². The zero-order chi connectivity index (χ0) is 11.3. The molecule has 0 fully saturated rings. The number of rotatable bonds is 5. The molecule has 2 N–H and O–H groups in total. The van der Waals surface area contributed by atoms with Gasteiger partial charge in [-0.05, 0) is 0 Å². The zero-order valence-electron chi connectivity index (χ0n) is 8.02. The predicted octanol–water partition coefficient (Wildman–Crippen LogP) is 0.348. The molecule has 1 aromatic heterocycles. The van der Waals surface area contributed by atoms with E-state index in [4.69, 9.17) is 9.52 Å². The van der Waals surface area contributed by atoms with E-state index in [2.05, 4.69) is 15.0 Å². The Balaban J connectivity index is 2.50. The molecule has 0 aliphatic carbocycles. The molecule has 0 radical (unpaired) electrons. The van der Waals surface area contributed by atoms with Crippen LogP contribution in [0.4, 0.5) is 6.01 Å². The smallest absolute Gasteiger partial charge is 0.373 e. The average molecular weight is 214 g/mol. The highest BCUT2D eigenvalue weighted by Gasteiger charge is 2.12. The Morgan fingerprint density at radius 2 is 2.40 bits per heavy atom. The molecule has 0 aliphatic rings. The number of hydrogen-bond acceptors (Lipinski definition) is 5. The molecule has 0 atom stereocenters. The Labute approximate surface area is 85.1 Å². The molecule has 0 saturated heterocycles. The van der Waals surface area contributed by atoms with E-state index in [0.717, 1.165) is 6.20 Å². The lowest BCUT2D eigenvalue weighted by molar-refractivity contribution is -0.117. The van der Waals surface area contributed by atoms with Gasteiger partial charge in [0.05, 0.1) is 19.2 Å². The number of methoxy groups -OCH3 is 1. The van der Waals surface area contributed by atoms with Crippen LogP contribution in [0.15, 0.2) is 10.6 Å². The largest absolute Gasteiger partial charge is 0.475 e. The molecule has 1 heterocycles. The van der Waals surface area contributed by atoms with Crippen LogP contribution < -0.4 is 5.32 Å². The van der Waals surface area contributed by atoms with Crippen molar-refractivity contribution in [3.8, 4) is 0 Å². The minimum Gasteiger partial charge on any atom is -0.475 e. The van der Waals surface area contributed by atoms with E-state index >= 15 is 0 Å². The van der Waals surface area contributed by atoms with Crippen LogP contribution in [-0.4, -0.2) is 35.7 Å². The van der Waals surface area contributed by atoms with Gasteiger partial charge in [-0.1, -0.05) is 0 Å². The second-order valence-corrected chi connectivity index (χ2v) is 2.63. The van der Waals surface area contributed by atoms with Crippen LogP contribution in [0.2, 0.25) is 0 Å². The molecular formula is C8H10N2O5. The molecule has 0 aliphatic heterocycles. The van der Waals surface area contributed by atoms with E-state index in [1.54, 1.807) is 0 Å². The second-order valence-electron chi connectivity index (χ2n) is 2.63. The number of nitrogens with zero attached hydrogens (tertiary/aromatic N) is 1. The maximum Gasteiger partial charge on any atom is 0.373 e. The van der Waals surface area contributed by atoms with E-state index in [0.29, 0.717) is 0 Å². The Morgan fingerprint density at radius 3 is 2.93 bits per heavy atom. The number of amides is 1. The number of carboxylic acids is 1. The topological polar surface area (TPSA) is 102 Å². The molecule has 0 unspecified atom stereocenters. The average Bonchev–Trinajstić information content (AvgIpc) is 2.63. The standard InChI is InChI=1S/C8H10N2O5/c1-14-3-2-6(11)10-8-9-4-5(15-8)7(12)13/h4H,2-3H2,1H3,(H,12,13)(H,9,10,11). The Kier molecular flexibility index (Phi) is 3.81. The van der Waals surface area contributed by atoms with Crippen molar-refractivity contribution in [1.29, 1.82) is 0 Å². The Bertz CT molecular complexity index is 360. The maximum absolute atomic E-state index is 11.1. The second kappa shape index (κ2) is 5.11. The van der Waals surface area contributed by atoms with Gasteiger partial charge in [0.25, 0.3) is 0 Å². The van der Waals surface area contributed by atoms with Crippen molar-refractivity contribution in [2.24, 2.45) is 0 Å². The highest BCUT2D eigenvalue weighted by atomic mass is 16.5. The molecule has 15 heavy (non-hydrogen) atoms. The molecule has 0 aromatic carbocycles. The number of aromatic carboxylic acids is 1. The van der Waals surface area contributed by atoms with Crippen molar-refractivity contribution in [2.45, 2.75) is 6.42 Å². The number of hydrogen-bond donors (Lipinski definition) is 2. The molecule has 0 bridgehead atoms. The summed E-state index contributed by atoms with van der Waals surface area (Å²) in [5.41, 5.74) is 0. The predicted molar refractivity (Wildman–Crippen MR) is 48.6 cm³/mol. The monoisotopic (exact) mass is 214 g/mol. The first kappa shape index (κ1) is 11.2. The summed E-state index contributed by atoms with van der Waals surface area (Å²) in [5, 5.41) is 10.8. The summed E-state index contributed by atoms with van der Waals surface area (Å²) in [4.78, 5) is 25.1. The summed E-state index contributed by atoms with van der Waals surface area (Å²) in [6.07, 6.45) is 1.18. The Morgan fingerprint density at radius 1 is 1.67 bits per heavy atom. The number of carbonyl (C=O) groups excluding carboxylic acids is 1. The summed E-state index contributed by atoms with van der Waals surface area (Å²) >= 11 is 0. The van der Waals surface area contributed by atoms with Gasteiger partial charge >= 0.3 is 12.0 Å². The normalized spacial score (nSPS) is 9.93. The molecular weight excluding hydrogens is 204 g/mol. The first-order valence-corrected chi connectivity index (χ1v) is 4.11. The number of ether oxygens (including phenoxy) is 1. The highest BCUT2D eigenvalue weighted by Crippen LogP contribution is 2.08. The van der Waals surface area contributed by atoms with Crippen molar-refractivity contribution < 1.29 is 23.8 Å². The van der Waals surface area contributed by atoms with Gasteiger partial charge in [0.15, 0.2) is 0 Å².